The maximum Gasteiger partial charge on any atom is 0.257 e. The van der Waals surface area contributed by atoms with Gasteiger partial charge in [-0.05, 0) is 19.1 Å². The van der Waals surface area contributed by atoms with Crippen molar-refractivity contribution in [1.29, 1.82) is 0 Å². The zero-order chi connectivity index (χ0) is 19.8. The van der Waals surface area contributed by atoms with E-state index in [1.165, 1.54) is 0 Å². The fourth-order valence-corrected chi connectivity index (χ4v) is 3.44. The average Bonchev–Trinajstić information content (AvgIpc) is 3.44. The van der Waals surface area contributed by atoms with E-state index in [-0.39, 0.29) is 11.9 Å². The van der Waals surface area contributed by atoms with Gasteiger partial charge in [-0.2, -0.15) is 20.1 Å². The summed E-state index contributed by atoms with van der Waals surface area (Å²) < 4.78 is 3.60. The van der Waals surface area contributed by atoms with Crippen LogP contribution < -0.4 is 0 Å². The third-order valence-electron chi connectivity index (χ3n) is 5.09. The molecule has 1 saturated heterocycles. The molecule has 3 aromatic heterocycles. The van der Waals surface area contributed by atoms with Gasteiger partial charge >= 0.3 is 0 Å². The number of aromatic nitrogens is 8. The van der Waals surface area contributed by atoms with Crippen LogP contribution in [0, 0.1) is 6.92 Å². The molecule has 0 atom stereocenters. The highest BCUT2D eigenvalue weighted by Gasteiger charge is 2.34. The predicted molar refractivity (Wildman–Crippen MR) is 102 cm³/mol. The Labute approximate surface area is 166 Å². The molecule has 0 saturated carbocycles. The molecule has 0 N–H and O–H groups in total. The lowest BCUT2D eigenvalue weighted by molar-refractivity contribution is 0.0497. The number of hydrogen-bond acceptors (Lipinski definition) is 6. The van der Waals surface area contributed by atoms with E-state index in [9.17, 15) is 4.79 Å². The monoisotopic (exact) mass is 389 g/mol. The number of hydrogen-bond donors (Lipinski definition) is 0. The molecule has 1 aromatic carbocycles. The molecule has 0 bridgehead atoms. The lowest BCUT2D eigenvalue weighted by Crippen LogP contribution is -2.51. The smallest absolute Gasteiger partial charge is 0.257 e. The molecule has 0 aliphatic carbocycles. The van der Waals surface area contributed by atoms with Crippen molar-refractivity contribution in [3.8, 4) is 5.69 Å². The van der Waals surface area contributed by atoms with E-state index in [1.54, 1.807) is 33.0 Å². The van der Waals surface area contributed by atoms with E-state index in [4.69, 9.17) is 0 Å². The van der Waals surface area contributed by atoms with E-state index in [0.29, 0.717) is 25.2 Å². The normalized spacial score (nSPS) is 14.2. The molecule has 4 aromatic rings. The Bertz CT molecular complexity index is 1120. The Hall–Kier alpha value is -3.82. The molecule has 1 amide bonds. The minimum Gasteiger partial charge on any atom is -0.334 e. The molecular weight excluding hydrogens is 370 g/mol. The van der Waals surface area contributed by atoms with Crippen LogP contribution in [0.4, 0.5) is 0 Å². The van der Waals surface area contributed by atoms with Crippen LogP contribution in [0.3, 0.4) is 0 Å². The van der Waals surface area contributed by atoms with Gasteiger partial charge in [-0.3, -0.25) is 4.79 Å². The number of likely N-dealkylation sites (tertiary alicyclic amines) is 1. The van der Waals surface area contributed by atoms with Gasteiger partial charge < -0.3 is 4.90 Å². The van der Waals surface area contributed by atoms with Gasteiger partial charge in [0.15, 0.2) is 0 Å². The summed E-state index contributed by atoms with van der Waals surface area (Å²) >= 11 is 0. The molecule has 0 spiro atoms. The first-order valence-corrected chi connectivity index (χ1v) is 9.33. The Kier molecular flexibility index (Phi) is 4.15. The molecule has 4 heterocycles. The van der Waals surface area contributed by atoms with Gasteiger partial charge in [0.1, 0.15) is 12.2 Å². The first-order valence-electron chi connectivity index (χ1n) is 9.33. The SMILES string of the molecule is Cc1c(C(=O)N2CC(n3cc(Cn4nccn4)nn3)C2)cnn1-c1ccccc1. The number of rotatable bonds is 5. The highest BCUT2D eigenvalue weighted by Crippen LogP contribution is 2.24. The van der Waals surface area contributed by atoms with Crippen molar-refractivity contribution in [2.75, 3.05) is 13.1 Å². The molecule has 146 valence electrons. The Balaban J connectivity index is 1.24. The molecule has 10 nitrogen and oxygen atoms in total. The fraction of sp³-hybridized carbons (Fsp3) is 0.263. The number of amides is 1. The van der Waals surface area contributed by atoms with Crippen molar-refractivity contribution < 1.29 is 4.79 Å². The molecule has 1 aliphatic heterocycles. The summed E-state index contributed by atoms with van der Waals surface area (Å²) in [6.07, 6.45) is 6.78. The van der Waals surface area contributed by atoms with E-state index in [1.807, 2.05) is 48.1 Å². The quantitative estimate of drug-likeness (QED) is 0.507. The second-order valence-electron chi connectivity index (χ2n) is 7.00. The summed E-state index contributed by atoms with van der Waals surface area (Å²) in [5.41, 5.74) is 3.18. The first kappa shape index (κ1) is 17.3. The summed E-state index contributed by atoms with van der Waals surface area (Å²) in [6.45, 7) is 3.58. The molecule has 0 unspecified atom stereocenters. The summed E-state index contributed by atoms with van der Waals surface area (Å²) in [7, 11) is 0. The van der Waals surface area contributed by atoms with E-state index in [0.717, 1.165) is 17.1 Å². The second-order valence-corrected chi connectivity index (χ2v) is 7.00. The summed E-state index contributed by atoms with van der Waals surface area (Å²) in [5, 5.41) is 20.9. The van der Waals surface area contributed by atoms with Crippen molar-refractivity contribution in [2.24, 2.45) is 0 Å². The molecule has 10 heteroatoms. The van der Waals surface area contributed by atoms with Crippen LogP contribution in [0.15, 0.2) is 55.1 Å². The maximum absolute atomic E-state index is 12.9. The second kappa shape index (κ2) is 6.97. The maximum atomic E-state index is 12.9. The van der Waals surface area contributed by atoms with Gasteiger partial charge in [0.05, 0.1) is 47.8 Å². The minimum absolute atomic E-state index is 0.0120. The number of para-hydroxylation sites is 1. The summed E-state index contributed by atoms with van der Waals surface area (Å²) in [5.74, 6) is -0.0120. The lowest BCUT2D eigenvalue weighted by Gasteiger charge is -2.38. The number of benzene rings is 1. The molecule has 0 radical (unpaired) electrons. The topological polar surface area (TPSA) is 99.6 Å². The van der Waals surface area contributed by atoms with Crippen molar-refractivity contribution in [3.63, 3.8) is 0 Å². The summed E-state index contributed by atoms with van der Waals surface area (Å²) in [4.78, 5) is 16.3. The van der Waals surface area contributed by atoms with Crippen LogP contribution >= 0.6 is 0 Å². The van der Waals surface area contributed by atoms with Crippen LogP contribution in [0.2, 0.25) is 0 Å². The zero-order valence-corrected chi connectivity index (χ0v) is 15.8. The minimum atomic E-state index is -0.0120. The van der Waals surface area contributed by atoms with E-state index in [2.05, 4.69) is 25.6 Å². The number of carbonyl (C=O) groups excluding carboxylic acids is 1. The van der Waals surface area contributed by atoms with Crippen molar-refractivity contribution in [1.82, 2.24) is 44.7 Å². The Morgan fingerprint density at radius 3 is 2.62 bits per heavy atom. The third-order valence-corrected chi connectivity index (χ3v) is 5.09. The van der Waals surface area contributed by atoms with E-state index < -0.39 is 0 Å². The Morgan fingerprint density at radius 2 is 1.86 bits per heavy atom. The van der Waals surface area contributed by atoms with Crippen molar-refractivity contribution in [2.45, 2.75) is 19.5 Å². The first-order chi connectivity index (χ1) is 14.2. The average molecular weight is 389 g/mol. The van der Waals surface area contributed by atoms with Gasteiger partial charge in [0.25, 0.3) is 5.91 Å². The highest BCUT2D eigenvalue weighted by molar-refractivity contribution is 5.95. The van der Waals surface area contributed by atoms with Gasteiger partial charge in [-0.25, -0.2) is 9.36 Å². The fourth-order valence-electron chi connectivity index (χ4n) is 3.44. The van der Waals surface area contributed by atoms with Gasteiger partial charge in [0.2, 0.25) is 0 Å². The predicted octanol–water partition coefficient (Wildman–Crippen LogP) is 1.11. The van der Waals surface area contributed by atoms with Crippen LogP contribution in [0.5, 0.6) is 0 Å². The molecular formula is C19H19N9O. The molecule has 5 rings (SSSR count). The zero-order valence-electron chi connectivity index (χ0n) is 15.8. The van der Waals surface area contributed by atoms with Crippen LogP contribution in [0.25, 0.3) is 5.69 Å². The molecule has 29 heavy (non-hydrogen) atoms. The van der Waals surface area contributed by atoms with Crippen LogP contribution in [-0.4, -0.2) is 63.7 Å². The van der Waals surface area contributed by atoms with E-state index >= 15 is 0 Å². The molecule has 1 aliphatic rings. The molecule has 1 fully saturated rings. The number of carbonyl (C=O) groups is 1. The lowest BCUT2D eigenvalue weighted by atomic mass is 10.1. The number of nitrogens with zero attached hydrogens (tertiary/aromatic N) is 9. The largest absolute Gasteiger partial charge is 0.334 e. The van der Waals surface area contributed by atoms with Crippen molar-refractivity contribution in [3.05, 3.63) is 72.1 Å². The summed E-state index contributed by atoms with van der Waals surface area (Å²) in [6, 6.07) is 9.91. The highest BCUT2D eigenvalue weighted by atomic mass is 16.2. The third kappa shape index (κ3) is 3.18. The van der Waals surface area contributed by atoms with Crippen LogP contribution in [0.1, 0.15) is 27.8 Å². The van der Waals surface area contributed by atoms with Crippen molar-refractivity contribution >= 4 is 5.91 Å². The standard InChI is InChI=1S/C19H19N9O/c1-14-18(9-22-28(14)16-5-3-2-4-6-16)19(29)25-12-17(13-25)26-10-15(23-24-26)11-27-20-7-8-21-27/h2-10,17H,11-13H2,1H3. The van der Waals surface area contributed by atoms with Gasteiger partial charge in [0, 0.05) is 13.1 Å². The van der Waals surface area contributed by atoms with Gasteiger partial charge in [-0.1, -0.05) is 23.4 Å². The van der Waals surface area contributed by atoms with Gasteiger partial charge in [-0.15, -0.1) is 5.10 Å². The van der Waals surface area contributed by atoms with Crippen LogP contribution in [-0.2, 0) is 6.54 Å². The Morgan fingerprint density at radius 1 is 1.10 bits per heavy atom.